The van der Waals surface area contributed by atoms with Crippen LogP contribution in [-0.4, -0.2) is 17.6 Å². The Morgan fingerprint density at radius 2 is 1.64 bits per heavy atom. The number of alkyl halides is 3. The maximum absolute atomic E-state index is 11.6. The molecule has 0 saturated carbocycles. The van der Waals surface area contributed by atoms with Crippen LogP contribution in [0.2, 0.25) is 0 Å². The first kappa shape index (κ1) is 14.5. The molecule has 0 radical (unpaired) electrons. The zero-order valence-corrected chi connectivity index (χ0v) is 7.82. The summed E-state index contributed by atoms with van der Waals surface area (Å²) in [7, 11) is 0. The normalized spacial score (nSPS) is 16.5. The maximum Gasteiger partial charge on any atom is 0.386 e. The standard InChI is InChI=1S/C5H6F3O2.Xe/c1-3(9)4(2,10)5(6,7)8;/h1-2H3;/q-1;. The van der Waals surface area contributed by atoms with Crippen LogP contribution in [0.3, 0.4) is 0 Å². The van der Waals surface area contributed by atoms with E-state index < -0.39 is 17.6 Å². The van der Waals surface area contributed by atoms with Crippen LogP contribution < -0.4 is 5.11 Å². The van der Waals surface area contributed by atoms with Gasteiger partial charge in [0.1, 0.15) is 5.78 Å². The molecule has 0 rings (SSSR count). The molecule has 0 aromatic heterocycles. The molecule has 1 unspecified atom stereocenters. The summed E-state index contributed by atoms with van der Waals surface area (Å²) in [5.41, 5.74) is -3.45. The number of carbonyl (C=O) groups excluding carboxylic acids is 1. The molecular formula is C5H6F3O2Xe-. The zero-order valence-electron chi connectivity index (χ0n) is 5.80. The van der Waals surface area contributed by atoms with E-state index in [0.717, 1.165) is 0 Å². The second kappa shape index (κ2) is 4.29. The summed E-state index contributed by atoms with van der Waals surface area (Å²) >= 11 is 0. The van der Waals surface area contributed by atoms with Crippen molar-refractivity contribution in [1.82, 2.24) is 0 Å². The monoisotopic (exact) mass is 287 g/mol. The number of hydrogen-bond acceptors (Lipinski definition) is 2. The van der Waals surface area contributed by atoms with Crippen molar-refractivity contribution in [2.24, 2.45) is 0 Å². The minimum atomic E-state index is -4.99. The molecule has 2 nitrogen and oxygen atoms in total. The Balaban J connectivity index is 0. The van der Waals surface area contributed by atoms with E-state index in [2.05, 4.69) is 0 Å². The average molecular weight is 286 g/mol. The van der Waals surface area contributed by atoms with Gasteiger partial charge >= 0.3 is 6.18 Å². The SMILES string of the molecule is CC(=O)C(C)([O-])C(F)(F)F.[Xe]. The van der Waals surface area contributed by atoms with Gasteiger partial charge in [-0.3, -0.25) is 0 Å². The third kappa shape index (κ3) is 3.47. The van der Waals surface area contributed by atoms with Crippen molar-refractivity contribution in [2.45, 2.75) is 25.6 Å². The fourth-order valence-corrected chi connectivity index (χ4v) is 0.200. The van der Waals surface area contributed by atoms with Gasteiger partial charge in [0.25, 0.3) is 0 Å². The third-order valence-electron chi connectivity index (χ3n) is 1.21. The molecule has 0 aliphatic heterocycles. The van der Waals surface area contributed by atoms with E-state index in [1.54, 1.807) is 0 Å². The van der Waals surface area contributed by atoms with Gasteiger partial charge in [-0.2, -0.15) is 13.2 Å². The molecule has 0 bridgehead atoms. The van der Waals surface area contributed by atoms with Crippen molar-refractivity contribution in [3.8, 4) is 0 Å². The Hall–Kier alpha value is 0.991. The molecule has 0 aliphatic rings. The molecule has 0 aromatic rings. The molecule has 0 fully saturated rings. The maximum atomic E-state index is 11.6. The van der Waals surface area contributed by atoms with Gasteiger partial charge in [0.2, 0.25) is 0 Å². The van der Waals surface area contributed by atoms with Crippen molar-refractivity contribution >= 4 is 5.78 Å². The molecule has 0 saturated heterocycles. The first-order chi connectivity index (χ1) is 4.19. The molecule has 0 spiro atoms. The molecule has 68 valence electrons. The van der Waals surface area contributed by atoms with E-state index in [-0.39, 0.29) is 48.9 Å². The Morgan fingerprint density at radius 3 is 1.64 bits per heavy atom. The molecule has 11 heavy (non-hydrogen) atoms. The van der Waals surface area contributed by atoms with E-state index >= 15 is 0 Å². The molecule has 0 N–H and O–H groups in total. The Kier molecular flexibility index (Phi) is 5.66. The van der Waals surface area contributed by atoms with Gasteiger partial charge in [-0.15, -0.1) is 0 Å². The van der Waals surface area contributed by atoms with Gasteiger partial charge in [-0.25, -0.2) is 0 Å². The van der Waals surface area contributed by atoms with Crippen molar-refractivity contribution in [1.29, 1.82) is 0 Å². The van der Waals surface area contributed by atoms with Crippen LogP contribution in [0, 0.1) is 48.9 Å². The van der Waals surface area contributed by atoms with E-state index in [1.807, 2.05) is 0 Å². The largest absolute Gasteiger partial charge is 0.838 e. The molecule has 0 aliphatic carbocycles. The number of hydrogen-bond donors (Lipinski definition) is 0. The van der Waals surface area contributed by atoms with E-state index in [0.29, 0.717) is 13.8 Å². The van der Waals surface area contributed by atoms with Gasteiger partial charge in [-0.1, -0.05) is 6.92 Å². The van der Waals surface area contributed by atoms with Crippen molar-refractivity contribution < 1.29 is 72.0 Å². The van der Waals surface area contributed by atoms with Crippen LogP contribution in [-0.2, 0) is 4.79 Å². The minimum absolute atomic E-state index is 0. The van der Waals surface area contributed by atoms with E-state index in [4.69, 9.17) is 0 Å². The molecule has 0 heterocycles. The van der Waals surface area contributed by atoms with Crippen LogP contribution >= 0.6 is 0 Å². The Morgan fingerprint density at radius 1 is 1.36 bits per heavy atom. The molecule has 0 amide bonds. The second-order valence-electron chi connectivity index (χ2n) is 2.09. The van der Waals surface area contributed by atoms with Gasteiger partial charge < -0.3 is 9.90 Å². The van der Waals surface area contributed by atoms with E-state index in [9.17, 15) is 23.1 Å². The number of carbonyl (C=O) groups is 1. The second-order valence-corrected chi connectivity index (χ2v) is 2.09. The predicted octanol–water partition coefficient (Wildman–Crippen LogP) is 0.257. The van der Waals surface area contributed by atoms with Gasteiger partial charge in [0.15, 0.2) is 0 Å². The van der Waals surface area contributed by atoms with Crippen molar-refractivity contribution in [2.75, 3.05) is 0 Å². The quantitative estimate of drug-likeness (QED) is 0.693. The third-order valence-corrected chi connectivity index (χ3v) is 1.21. The first-order valence-corrected chi connectivity index (χ1v) is 2.48. The van der Waals surface area contributed by atoms with Crippen molar-refractivity contribution in [3.05, 3.63) is 0 Å². The summed E-state index contributed by atoms with van der Waals surface area (Å²) in [5, 5.41) is 10.3. The smallest absolute Gasteiger partial charge is 0.386 e. The summed E-state index contributed by atoms with van der Waals surface area (Å²) in [5.74, 6) is -1.42. The van der Waals surface area contributed by atoms with Crippen LogP contribution in [0.5, 0.6) is 0 Å². The average Bonchev–Trinajstić information content (AvgIpc) is 1.62. The van der Waals surface area contributed by atoms with Gasteiger partial charge in [-0.05, 0) is 6.92 Å². The van der Waals surface area contributed by atoms with E-state index in [1.165, 1.54) is 0 Å². The number of halogens is 3. The van der Waals surface area contributed by atoms with Crippen LogP contribution in [0.25, 0.3) is 0 Å². The number of ketones is 1. The summed E-state index contributed by atoms with van der Waals surface area (Å²) in [4.78, 5) is 10.1. The first-order valence-electron chi connectivity index (χ1n) is 2.48. The molecular weight excluding hydrogens is 280 g/mol. The topological polar surface area (TPSA) is 40.1 Å². The molecule has 0 aromatic carbocycles. The van der Waals surface area contributed by atoms with Crippen molar-refractivity contribution in [3.63, 3.8) is 0 Å². The Bertz CT molecular complexity index is 152. The minimum Gasteiger partial charge on any atom is -0.838 e. The summed E-state index contributed by atoms with van der Waals surface area (Å²) in [6.45, 7) is 0.940. The summed E-state index contributed by atoms with van der Waals surface area (Å²) in [6.07, 6.45) is -4.99. The molecule has 1 atom stereocenters. The number of Topliss-reactive ketones (excluding diaryl/α,β-unsaturated/α-hetero) is 1. The number of rotatable bonds is 1. The fraction of sp³-hybridized carbons (Fsp3) is 0.800. The summed E-state index contributed by atoms with van der Waals surface area (Å²) < 4.78 is 34.7. The van der Waals surface area contributed by atoms with Crippen LogP contribution in [0.15, 0.2) is 0 Å². The van der Waals surface area contributed by atoms with Crippen LogP contribution in [0.4, 0.5) is 13.2 Å². The zero-order chi connectivity index (χ0) is 8.58. The van der Waals surface area contributed by atoms with Crippen LogP contribution in [0.1, 0.15) is 13.8 Å². The summed E-state index contributed by atoms with van der Waals surface area (Å²) in [6, 6.07) is 0. The Labute approximate surface area is 102 Å². The fourth-order valence-electron chi connectivity index (χ4n) is 0.200. The van der Waals surface area contributed by atoms with Gasteiger partial charge in [0.05, 0.1) is 0 Å². The van der Waals surface area contributed by atoms with Gasteiger partial charge in [0, 0.05) is 54.5 Å². The predicted molar refractivity (Wildman–Crippen MR) is 25.1 cm³/mol. The molecule has 6 heteroatoms.